The number of hydrogen-bond acceptors (Lipinski definition) is 2. The quantitative estimate of drug-likeness (QED) is 0.431. The second-order valence-electron chi connectivity index (χ2n) is 2.95. The minimum Gasteiger partial charge on any atom is -0.412 e. The smallest absolute Gasteiger partial charge is 0.343 e. The number of halogens is 2. The molecule has 0 aromatic heterocycles. The topological polar surface area (TPSA) is 199 Å². The summed E-state index contributed by atoms with van der Waals surface area (Å²) in [5, 5.41) is 2.91. The van der Waals surface area contributed by atoms with Gasteiger partial charge in [0.1, 0.15) is 0 Å². The molecule has 1 unspecified atom stereocenters. The molecule has 0 spiro atoms. The molecule has 1 atom stereocenters. The van der Waals surface area contributed by atoms with Crippen LogP contribution in [-0.2, 0) is 9.09 Å². The predicted molar refractivity (Wildman–Crippen MR) is 77.3 cm³/mol. The van der Waals surface area contributed by atoms with Crippen molar-refractivity contribution >= 4 is 30.9 Å². The number of alkyl halides is 2. The Morgan fingerprint density at radius 2 is 1.53 bits per heavy atom. The zero-order valence-corrected chi connectivity index (χ0v) is 12.8. The average molecular weight is 351 g/mol. The molecule has 9 nitrogen and oxygen atoms in total. The largest absolute Gasteiger partial charge is 0.412 e. The highest BCUT2D eigenvalue weighted by molar-refractivity contribution is 7.54. The summed E-state index contributed by atoms with van der Waals surface area (Å²) in [6.45, 7) is 2.31. The molecular formula is C7H25Cl2N2O7P. The second-order valence-corrected chi connectivity index (χ2v) is 5.88. The molecule has 12 heteroatoms. The molecule has 1 aliphatic heterocycles. The minimum atomic E-state index is -2.84. The van der Waals surface area contributed by atoms with Gasteiger partial charge in [-0.15, -0.1) is 23.2 Å². The van der Waals surface area contributed by atoms with Crippen LogP contribution in [0.5, 0.6) is 0 Å². The van der Waals surface area contributed by atoms with Crippen molar-refractivity contribution in [2.75, 3.05) is 38.0 Å². The highest BCUT2D eigenvalue weighted by atomic mass is 35.5. The van der Waals surface area contributed by atoms with Gasteiger partial charge in [-0.3, -0.25) is 4.57 Å². The van der Waals surface area contributed by atoms with E-state index in [1.807, 2.05) is 0 Å². The van der Waals surface area contributed by atoms with Crippen molar-refractivity contribution in [1.82, 2.24) is 9.76 Å². The molecule has 1 fully saturated rings. The molecule has 0 aromatic rings. The molecule has 0 amide bonds. The maximum absolute atomic E-state index is 12.2. The highest BCUT2D eigenvalue weighted by Crippen LogP contribution is 2.47. The van der Waals surface area contributed by atoms with Gasteiger partial charge in [0.15, 0.2) is 0 Å². The lowest BCUT2D eigenvalue weighted by atomic mass is 10.5. The van der Waals surface area contributed by atoms with E-state index in [9.17, 15) is 4.57 Å². The third-order valence-corrected chi connectivity index (χ3v) is 4.60. The molecule has 0 aromatic carbocycles. The SMILES string of the molecule is O.O.O.O.O.O=P1(N(CCCl)CCCl)NCCCO1. The molecular weight excluding hydrogens is 326 g/mol. The Morgan fingerprint density at radius 1 is 1.05 bits per heavy atom. The van der Waals surface area contributed by atoms with Crippen LogP contribution in [-0.4, -0.2) is 70.1 Å². The van der Waals surface area contributed by atoms with Crippen LogP contribution in [0.1, 0.15) is 6.42 Å². The third-order valence-electron chi connectivity index (χ3n) is 1.96. The summed E-state index contributed by atoms with van der Waals surface area (Å²) in [6.07, 6.45) is 0.888. The van der Waals surface area contributed by atoms with E-state index in [0.29, 0.717) is 31.5 Å². The first-order chi connectivity index (χ1) is 6.73. The fourth-order valence-corrected chi connectivity index (χ4v) is 3.92. The number of nitrogens with zero attached hydrogens (tertiary/aromatic N) is 1. The van der Waals surface area contributed by atoms with E-state index in [-0.39, 0.29) is 27.4 Å². The number of hydrogen-bond donors (Lipinski definition) is 1. The van der Waals surface area contributed by atoms with Crippen molar-refractivity contribution in [2.24, 2.45) is 0 Å². The van der Waals surface area contributed by atoms with Crippen LogP contribution >= 0.6 is 30.9 Å². The van der Waals surface area contributed by atoms with E-state index in [0.717, 1.165) is 13.0 Å². The standard InChI is InChI=1S/C7H15Cl2N2O2P.5H2O/c8-2-5-11(6-3-9)14(12)10-4-1-7-13-14;;;;;/h1-7H2,(H,10,12);5*1H2. The fraction of sp³-hybridized carbons (Fsp3) is 1.00. The summed E-state index contributed by atoms with van der Waals surface area (Å²) in [5.41, 5.74) is 0. The monoisotopic (exact) mass is 350 g/mol. The van der Waals surface area contributed by atoms with Crippen LogP contribution in [0.25, 0.3) is 0 Å². The fourth-order valence-electron chi connectivity index (χ4n) is 1.28. The molecule has 0 aliphatic carbocycles. The van der Waals surface area contributed by atoms with E-state index >= 15 is 0 Å². The first-order valence-corrected chi connectivity index (χ1v) is 7.24. The molecule has 1 heterocycles. The molecule has 1 aliphatic rings. The normalized spacial score (nSPS) is 20.8. The lowest BCUT2D eigenvalue weighted by Crippen LogP contribution is -2.35. The van der Waals surface area contributed by atoms with Gasteiger partial charge in [0.2, 0.25) is 0 Å². The predicted octanol–water partition coefficient (Wildman–Crippen LogP) is -2.24. The Kier molecular flexibility index (Phi) is 27.6. The van der Waals surface area contributed by atoms with Crippen molar-refractivity contribution in [3.8, 4) is 0 Å². The maximum atomic E-state index is 12.2. The molecule has 0 bridgehead atoms. The van der Waals surface area contributed by atoms with Gasteiger partial charge < -0.3 is 31.9 Å². The first-order valence-electron chi connectivity index (χ1n) is 4.60. The summed E-state index contributed by atoms with van der Waals surface area (Å²) < 4.78 is 19.2. The second kappa shape index (κ2) is 16.5. The molecule has 11 N–H and O–H groups in total. The zero-order chi connectivity index (χ0) is 10.4. The van der Waals surface area contributed by atoms with Crippen LogP contribution in [0.15, 0.2) is 0 Å². The van der Waals surface area contributed by atoms with Gasteiger partial charge in [0, 0.05) is 31.4 Å². The van der Waals surface area contributed by atoms with Gasteiger partial charge >= 0.3 is 7.67 Å². The van der Waals surface area contributed by atoms with Gasteiger partial charge in [-0.1, -0.05) is 0 Å². The summed E-state index contributed by atoms with van der Waals surface area (Å²) in [5.74, 6) is 0.845. The lowest BCUT2D eigenvalue weighted by Gasteiger charge is -2.33. The molecule has 0 radical (unpaired) electrons. The Hall–Kier alpha value is 0.490. The van der Waals surface area contributed by atoms with E-state index in [2.05, 4.69) is 5.09 Å². The molecule has 0 saturated carbocycles. The molecule has 19 heavy (non-hydrogen) atoms. The Labute approximate surface area is 122 Å². The van der Waals surface area contributed by atoms with Crippen LogP contribution in [0.3, 0.4) is 0 Å². The summed E-state index contributed by atoms with van der Waals surface area (Å²) in [6, 6.07) is 0. The summed E-state index contributed by atoms with van der Waals surface area (Å²) in [7, 11) is -2.84. The van der Waals surface area contributed by atoms with E-state index in [1.165, 1.54) is 0 Å². The van der Waals surface area contributed by atoms with E-state index in [4.69, 9.17) is 27.7 Å². The van der Waals surface area contributed by atoms with Crippen molar-refractivity contribution in [1.29, 1.82) is 0 Å². The summed E-state index contributed by atoms with van der Waals surface area (Å²) >= 11 is 11.2. The van der Waals surface area contributed by atoms with Gasteiger partial charge in [0.25, 0.3) is 0 Å². The molecule has 1 rings (SSSR count). The van der Waals surface area contributed by atoms with E-state index in [1.54, 1.807) is 4.67 Å². The van der Waals surface area contributed by atoms with Gasteiger partial charge in [-0.2, -0.15) is 0 Å². The number of nitrogens with one attached hydrogen (secondary N) is 1. The maximum Gasteiger partial charge on any atom is 0.343 e. The average Bonchev–Trinajstić information content (AvgIpc) is 2.19. The van der Waals surface area contributed by atoms with Crippen LogP contribution < -0.4 is 5.09 Å². The van der Waals surface area contributed by atoms with Crippen molar-refractivity contribution in [3.05, 3.63) is 0 Å². The minimum absolute atomic E-state index is 0. The molecule has 124 valence electrons. The Balaban J connectivity index is -0.000000131. The van der Waals surface area contributed by atoms with Crippen molar-refractivity contribution in [2.45, 2.75) is 6.42 Å². The Bertz CT molecular complexity index is 212. The lowest BCUT2D eigenvalue weighted by molar-refractivity contribution is 0.233. The van der Waals surface area contributed by atoms with Crippen LogP contribution in [0.2, 0.25) is 0 Å². The Morgan fingerprint density at radius 3 is 1.84 bits per heavy atom. The zero-order valence-electron chi connectivity index (χ0n) is 10.4. The third kappa shape index (κ3) is 9.94. The molecule has 1 saturated heterocycles. The summed E-state index contributed by atoms with van der Waals surface area (Å²) in [4.78, 5) is 0. The first kappa shape index (κ1) is 31.7. The van der Waals surface area contributed by atoms with Crippen LogP contribution in [0.4, 0.5) is 0 Å². The van der Waals surface area contributed by atoms with Gasteiger partial charge in [-0.25, -0.2) is 9.76 Å². The van der Waals surface area contributed by atoms with Gasteiger partial charge in [-0.05, 0) is 6.42 Å². The van der Waals surface area contributed by atoms with Gasteiger partial charge in [0.05, 0.1) is 6.61 Å². The van der Waals surface area contributed by atoms with Crippen molar-refractivity contribution in [3.63, 3.8) is 0 Å². The highest BCUT2D eigenvalue weighted by Gasteiger charge is 2.32. The van der Waals surface area contributed by atoms with E-state index < -0.39 is 7.67 Å². The van der Waals surface area contributed by atoms with Crippen molar-refractivity contribution < 1.29 is 36.5 Å². The van der Waals surface area contributed by atoms with Crippen LogP contribution in [0, 0.1) is 0 Å². The number of rotatable bonds is 5.